The van der Waals surface area contributed by atoms with Gasteiger partial charge in [0, 0.05) is 6.08 Å². The van der Waals surface area contributed by atoms with Crippen molar-refractivity contribution in [2.45, 2.75) is 91.0 Å². The zero-order valence-corrected chi connectivity index (χ0v) is 18.4. The fourth-order valence-corrected chi connectivity index (χ4v) is 2.82. The maximum Gasteiger partial charge on any atom is 0.331 e. The molecule has 1 saturated carbocycles. The fraction of sp³-hybridized carbons (Fsp3) is 0.762. The van der Waals surface area contributed by atoms with E-state index in [2.05, 4.69) is 0 Å². The van der Waals surface area contributed by atoms with Crippen LogP contribution in [0.3, 0.4) is 0 Å². The highest BCUT2D eigenvalue weighted by Crippen LogP contribution is 2.30. The summed E-state index contributed by atoms with van der Waals surface area (Å²) in [6.07, 6.45) is -7.78. The summed E-state index contributed by atoms with van der Waals surface area (Å²) in [6, 6.07) is 0. The van der Waals surface area contributed by atoms with E-state index in [0.717, 1.165) is 6.08 Å². The lowest BCUT2D eigenvalue weighted by Crippen LogP contribution is -2.66. The summed E-state index contributed by atoms with van der Waals surface area (Å²) in [5.41, 5.74) is 0.624. The number of carbonyl (C=O) groups excluding carboxylic acids is 3. The molecule has 30 heavy (non-hydrogen) atoms. The van der Waals surface area contributed by atoms with Gasteiger partial charge in [0.15, 0.2) is 18.3 Å². The van der Waals surface area contributed by atoms with E-state index >= 15 is 0 Å². The predicted octanol–water partition coefficient (Wildman–Crippen LogP) is 0.876. The molecule has 1 aliphatic rings. The fourth-order valence-electron chi connectivity index (χ4n) is 2.82. The zero-order chi connectivity index (χ0) is 23.2. The van der Waals surface area contributed by atoms with Crippen LogP contribution in [0.25, 0.3) is 0 Å². The van der Waals surface area contributed by atoms with Gasteiger partial charge in [-0.3, -0.25) is 9.59 Å². The van der Waals surface area contributed by atoms with Crippen LogP contribution in [0, 0.1) is 11.8 Å². The normalized spacial score (nSPS) is 30.6. The second-order valence-corrected chi connectivity index (χ2v) is 8.02. The lowest BCUT2D eigenvalue weighted by Gasteiger charge is -2.44. The average molecular weight is 430 g/mol. The number of rotatable bonds is 8. The molecule has 0 radical (unpaired) electrons. The van der Waals surface area contributed by atoms with Gasteiger partial charge in [-0.25, -0.2) is 4.79 Å². The van der Waals surface area contributed by atoms with Crippen LogP contribution in [0.4, 0.5) is 0 Å². The van der Waals surface area contributed by atoms with Gasteiger partial charge in [0.25, 0.3) is 0 Å². The number of allylic oxidation sites excluding steroid dienone is 1. The largest absolute Gasteiger partial charge is 0.456 e. The molecule has 1 rings (SSSR count). The van der Waals surface area contributed by atoms with E-state index in [9.17, 15) is 29.7 Å². The van der Waals surface area contributed by atoms with Gasteiger partial charge in [-0.2, -0.15) is 0 Å². The molecule has 0 amide bonds. The molecule has 0 saturated heterocycles. The van der Waals surface area contributed by atoms with Crippen molar-refractivity contribution >= 4 is 17.9 Å². The maximum absolute atomic E-state index is 12.2. The van der Waals surface area contributed by atoms with Crippen LogP contribution in [-0.2, 0) is 28.6 Å². The summed E-state index contributed by atoms with van der Waals surface area (Å²) in [4.78, 5) is 36.5. The molecule has 1 aliphatic carbocycles. The molecule has 0 aromatic carbocycles. The Morgan fingerprint density at radius 2 is 1.10 bits per heavy atom. The molecule has 6 atom stereocenters. The third-order valence-corrected chi connectivity index (χ3v) is 5.21. The number of aliphatic hydroxyl groups excluding tert-OH is 3. The summed E-state index contributed by atoms with van der Waals surface area (Å²) >= 11 is 0. The summed E-state index contributed by atoms with van der Waals surface area (Å²) in [5.74, 6) is -3.22. The van der Waals surface area contributed by atoms with Crippen molar-refractivity contribution in [1.82, 2.24) is 0 Å². The Balaban J connectivity index is 3.20. The standard InChI is InChI=1S/C21H34O9/c1-7-11(5)20(26)29-18-14(23)17(28-13(22)9-10(3)4)15(24)19(16(18)25)30-21(27)12(6)8-2/h9,11-12,14-19,23-25H,7-8H2,1-6H3/t11?,12?,14-,15-,16?,17?,18+,19+/m0/s1. The van der Waals surface area contributed by atoms with Crippen LogP contribution >= 0.6 is 0 Å². The molecule has 2 unspecified atom stereocenters. The Morgan fingerprint density at radius 3 is 1.40 bits per heavy atom. The molecule has 0 aliphatic heterocycles. The van der Waals surface area contributed by atoms with Gasteiger partial charge in [-0.15, -0.1) is 0 Å². The van der Waals surface area contributed by atoms with Gasteiger partial charge < -0.3 is 29.5 Å². The van der Waals surface area contributed by atoms with Gasteiger partial charge in [-0.1, -0.05) is 33.3 Å². The van der Waals surface area contributed by atoms with Crippen LogP contribution in [0.5, 0.6) is 0 Å². The first-order valence-corrected chi connectivity index (χ1v) is 10.2. The van der Waals surface area contributed by atoms with Crippen LogP contribution in [-0.4, -0.2) is 69.9 Å². The monoisotopic (exact) mass is 430 g/mol. The van der Waals surface area contributed by atoms with E-state index in [4.69, 9.17) is 14.2 Å². The Bertz CT molecular complexity index is 602. The minimum absolute atomic E-state index is 0.464. The minimum Gasteiger partial charge on any atom is -0.456 e. The van der Waals surface area contributed by atoms with Gasteiger partial charge in [-0.05, 0) is 26.7 Å². The number of ether oxygens (including phenoxy) is 3. The van der Waals surface area contributed by atoms with E-state index in [1.165, 1.54) is 0 Å². The average Bonchev–Trinajstić information content (AvgIpc) is 2.69. The molecule has 9 nitrogen and oxygen atoms in total. The highest BCUT2D eigenvalue weighted by Gasteiger charge is 2.55. The number of esters is 3. The predicted molar refractivity (Wildman–Crippen MR) is 106 cm³/mol. The van der Waals surface area contributed by atoms with Crippen molar-refractivity contribution in [2.75, 3.05) is 0 Å². The SMILES string of the molecule is CCC(C)C(=O)O[C@H]1C(O)[C@H](OC(=O)C(C)CC)[C@@H](O)C(OC(=O)C=C(C)C)[C@@H]1O. The second-order valence-electron chi connectivity index (χ2n) is 8.02. The first-order chi connectivity index (χ1) is 13.9. The van der Waals surface area contributed by atoms with Crippen molar-refractivity contribution in [1.29, 1.82) is 0 Å². The minimum atomic E-state index is -1.73. The molecule has 0 spiro atoms. The molecule has 3 N–H and O–H groups in total. The Hall–Kier alpha value is -1.97. The van der Waals surface area contributed by atoms with Crippen LogP contribution in [0.1, 0.15) is 54.4 Å². The molecule has 0 heterocycles. The van der Waals surface area contributed by atoms with E-state index < -0.39 is 66.4 Å². The topological polar surface area (TPSA) is 140 Å². The highest BCUT2D eigenvalue weighted by atomic mass is 16.6. The highest BCUT2D eigenvalue weighted by molar-refractivity contribution is 5.82. The molecule has 0 bridgehead atoms. The van der Waals surface area contributed by atoms with E-state index in [0.29, 0.717) is 18.4 Å². The molecule has 0 aromatic rings. The van der Waals surface area contributed by atoms with Crippen molar-refractivity contribution < 1.29 is 43.9 Å². The third kappa shape index (κ3) is 6.52. The Morgan fingerprint density at radius 1 is 0.767 bits per heavy atom. The number of hydrogen-bond acceptors (Lipinski definition) is 9. The number of carbonyl (C=O) groups is 3. The molecular weight excluding hydrogens is 396 g/mol. The summed E-state index contributed by atoms with van der Waals surface area (Å²) < 4.78 is 15.7. The third-order valence-electron chi connectivity index (χ3n) is 5.21. The summed E-state index contributed by atoms with van der Waals surface area (Å²) in [5, 5.41) is 31.9. The molecule has 172 valence electrons. The lowest BCUT2D eigenvalue weighted by molar-refractivity contribution is -0.247. The molecular formula is C21H34O9. The number of aliphatic hydroxyl groups is 3. The Labute approximate surface area is 177 Å². The molecule has 9 heteroatoms. The van der Waals surface area contributed by atoms with Crippen LogP contribution in [0.2, 0.25) is 0 Å². The van der Waals surface area contributed by atoms with Gasteiger partial charge in [0.1, 0.15) is 18.3 Å². The zero-order valence-electron chi connectivity index (χ0n) is 18.4. The van der Waals surface area contributed by atoms with Gasteiger partial charge in [0.05, 0.1) is 11.8 Å². The van der Waals surface area contributed by atoms with Gasteiger partial charge >= 0.3 is 17.9 Å². The Kier molecular flexibility index (Phi) is 9.93. The lowest BCUT2D eigenvalue weighted by atomic mass is 9.84. The van der Waals surface area contributed by atoms with E-state index in [-0.39, 0.29) is 0 Å². The van der Waals surface area contributed by atoms with Crippen LogP contribution < -0.4 is 0 Å². The summed E-state index contributed by atoms with van der Waals surface area (Å²) in [7, 11) is 0. The number of hydrogen-bond donors (Lipinski definition) is 3. The molecule has 0 aromatic heterocycles. The summed E-state index contributed by atoms with van der Waals surface area (Å²) in [6.45, 7) is 10.1. The molecule has 1 fully saturated rings. The first-order valence-electron chi connectivity index (χ1n) is 10.2. The van der Waals surface area contributed by atoms with Crippen molar-refractivity contribution in [3.63, 3.8) is 0 Å². The quantitative estimate of drug-likeness (QED) is 0.291. The van der Waals surface area contributed by atoms with Crippen molar-refractivity contribution in [2.24, 2.45) is 11.8 Å². The first kappa shape index (κ1) is 26.1. The maximum atomic E-state index is 12.2. The van der Waals surface area contributed by atoms with Crippen LogP contribution in [0.15, 0.2) is 11.6 Å². The van der Waals surface area contributed by atoms with Gasteiger partial charge in [0.2, 0.25) is 0 Å². The van der Waals surface area contributed by atoms with E-state index in [1.54, 1.807) is 41.5 Å². The van der Waals surface area contributed by atoms with Crippen molar-refractivity contribution in [3.05, 3.63) is 11.6 Å². The second kappa shape index (κ2) is 11.4. The van der Waals surface area contributed by atoms with Crippen molar-refractivity contribution in [3.8, 4) is 0 Å². The van der Waals surface area contributed by atoms with E-state index in [1.807, 2.05) is 0 Å². The smallest absolute Gasteiger partial charge is 0.331 e.